The highest BCUT2D eigenvalue weighted by Gasteiger charge is 2.30. The van der Waals surface area contributed by atoms with Crippen molar-refractivity contribution in [2.24, 2.45) is 5.73 Å². The molecule has 0 aliphatic heterocycles. The van der Waals surface area contributed by atoms with Crippen molar-refractivity contribution in [3.8, 4) is 5.69 Å². The normalized spacial score (nSPS) is 11.8. The summed E-state index contributed by atoms with van der Waals surface area (Å²) in [5, 5.41) is 7.70. The van der Waals surface area contributed by atoms with Crippen LogP contribution in [0.25, 0.3) is 5.69 Å². The van der Waals surface area contributed by atoms with Gasteiger partial charge >= 0.3 is 6.18 Å². The number of alkyl halides is 3. The third-order valence-corrected chi connectivity index (χ3v) is 2.62. The first-order valence-electron chi connectivity index (χ1n) is 5.22. The zero-order valence-corrected chi connectivity index (χ0v) is 9.57. The minimum Gasteiger partial charge on any atom is -0.325 e. The Bertz CT molecular complexity index is 542. The molecule has 0 saturated heterocycles. The Morgan fingerprint density at radius 1 is 1.22 bits per heavy atom. The Kier molecular flexibility index (Phi) is 3.08. The van der Waals surface area contributed by atoms with E-state index in [2.05, 4.69) is 10.3 Å². The molecule has 0 radical (unpaired) electrons. The van der Waals surface area contributed by atoms with Crippen molar-refractivity contribution in [3.05, 3.63) is 41.2 Å². The molecule has 0 amide bonds. The molecule has 0 spiro atoms. The fourth-order valence-electron chi connectivity index (χ4n) is 1.59. The average molecular weight is 256 g/mol. The van der Waals surface area contributed by atoms with E-state index in [9.17, 15) is 13.2 Å². The quantitative estimate of drug-likeness (QED) is 0.894. The van der Waals surface area contributed by atoms with Crippen LogP contribution in [0.5, 0.6) is 0 Å². The van der Waals surface area contributed by atoms with Crippen LogP contribution < -0.4 is 5.73 Å². The molecule has 0 saturated carbocycles. The molecule has 96 valence electrons. The monoisotopic (exact) mass is 256 g/mol. The summed E-state index contributed by atoms with van der Waals surface area (Å²) in [4.78, 5) is 0. The van der Waals surface area contributed by atoms with Crippen LogP contribution in [0.3, 0.4) is 0 Å². The van der Waals surface area contributed by atoms with E-state index in [1.165, 1.54) is 16.8 Å². The third-order valence-electron chi connectivity index (χ3n) is 2.62. The van der Waals surface area contributed by atoms with Crippen LogP contribution in [0, 0.1) is 6.92 Å². The van der Waals surface area contributed by atoms with Gasteiger partial charge in [-0.15, -0.1) is 5.10 Å². The lowest BCUT2D eigenvalue weighted by atomic mass is 10.2. The van der Waals surface area contributed by atoms with Gasteiger partial charge in [0.1, 0.15) is 0 Å². The van der Waals surface area contributed by atoms with E-state index in [4.69, 9.17) is 5.73 Å². The fraction of sp³-hybridized carbons (Fsp3) is 0.273. The zero-order chi connectivity index (χ0) is 13.3. The minimum atomic E-state index is -4.33. The topological polar surface area (TPSA) is 56.7 Å². The molecule has 0 bridgehead atoms. The van der Waals surface area contributed by atoms with Crippen LogP contribution >= 0.6 is 0 Å². The molecular weight excluding hydrogens is 245 g/mol. The summed E-state index contributed by atoms with van der Waals surface area (Å²) >= 11 is 0. The van der Waals surface area contributed by atoms with E-state index < -0.39 is 11.7 Å². The largest absolute Gasteiger partial charge is 0.416 e. The van der Waals surface area contributed by atoms with Gasteiger partial charge in [-0.05, 0) is 31.2 Å². The maximum atomic E-state index is 12.4. The summed E-state index contributed by atoms with van der Waals surface area (Å²) < 4.78 is 38.7. The molecule has 18 heavy (non-hydrogen) atoms. The number of rotatable bonds is 2. The molecule has 1 aromatic heterocycles. The second kappa shape index (κ2) is 4.41. The number of halogens is 3. The molecule has 0 unspecified atom stereocenters. The number of hydrogen-bond acceptors (Lipinski definition) is 3. The second-order valence-electron chi connectivity index (χ2n) is 3.78. The van der Waals surface area contributed by atoms with Crippen molar-refractivity contribution in [2.75, 3.05) is 0 Å². The first-order chi connectivity index (χ1) is 8.43. The van der Waals surface area contributed by atoms with Crippen LogP contribution in [0.2, 0.25) is 0 Å². The van der Waals surface area contributed by atoms with E-state index in [0.29, 0.717) is 11.4 Å². The van der Waals surface area contributed by atoms with Gasteiger partial charge in [-0.2, -0.15) is 13.2 Å². The summed E-state index contributed by atoms with van der Waals surface area (Å²) in [6.45, 7) is 2.01. The number of nitrogens with zero attached hydrogens (tertiary/aromatic N) is 3. The highest BCUT2D eigenvalue weighted by atomic mass is 19.4. The molecule has 2 rings (SSSR count). The van der Waals surface area contributed by atoms with Gasteiger partial charge in [0.25, 0.3) is 0 Å². The van der Waals surface area contributed by atoms with Crippen LogP contribution in [0.15, 0.2) is 24.3 Å². The van der Waals surface area contributed by atoms with E-state index in [-0.39, 0.29) is 6.54 Å². The highest BCUT2D eigenvalue weighted by Crippen LogP contribution is 2.29. The minimum absolute atomic E-state index is 0.243. The molecule has 0 atom stereocenters. The molecule has 0 fully saturated rings. The highest BCUT2D eigenvalue weighted by molar-refractivity contribution is 5.36. The predicted molar refractivity (Wildman–Crippen MR) is 59.0 cm³/mol. The van der Waals surface area contributed by atoms with Gasteiger partial charge < -0.3 is 5.73 Å². The van der Waals surface area contributed by atoms with Gasteiger partial charge in [0.05, 0.1) is 22.6 Å². The van der Waals surface area contributed by atoms with Crippen molar-refractivity contribution in [1.29, 1.82) is 0 Å². The van der Waals surface area contributed by atoms with Gasteiger partial charge in [-0.25, -0.2) is 4.68 Å². The van der Waals surface area contributed by atoms with E-state index in [1.54, 1.807) is 6.92 Å². The number of hydrogen-bond donors (Lipinski definition) is 1. The van der Waals surface area contributed by atoms with Gasteiger partial charge in [0, 0.05) is 6.54 Å². The third kappa shape index (κ3) is 2.21. The first-order valence-corrected chi connectivity index (χ1v) is 5.22. The van der Waals surface area contributed by atoms with E-state index >= 15 is 0 Å². The molecule has 4 nitrogen and oxygen atoms in total. The molecule has 0 aliphatic rings. The molecule has 7 heteroatoms. The van der Waals surface area contributed by atoms with Crippen molar-refractivity contribution in [1.82, 2.24) is 15.0 Å². The summed E-state index contributed by atoms with van der Waals surface area (Å²) in [6.07, 6.45) is -4.33. The molecule has 2 N–H and O–H groups in total. The molecule has 1 heterocycles. The van der Waals surface area contributed by atoms with E-state index in [1.807, 2.05) is 0 Å². The van der Waals surface area contributed by atoms with Crippen LogP contribution in [0.1, 0.15) is 17.0 Å². The number of aromatic nitrogens is 3. The van der Waals surface area contributed by atoms with Crippen molar-refractivity contribution < 1.29 is 13.2 Å². The van der Waals surface area contributed by atoms with Crippen molar-refractivity contribution in [3.63, 3.8) is 0 Å². The van der Waals surface area contributed by atoms with E-state index in [0.717, 1.165) is 17.8 Å². The maximum absolute atomic E-state index is 12.4. The van der Waals surface area contributed by atoms with Gasteiger partial charge in [-0.1, -0.05) is 5.21 Å². The average Bonchev–Trinajstić information content (AvgIpc) is 2.69. The summed E-state index contributed by atoms with van der Waals surface area (Å²) in [5.41, 5.74) is 6.63. The maximum Gasteiger partial charge on any atom is 0.416 e. The first kappa shape index (κ1) is 12.6. The SMILES string of the molecule is Cc1c(CN)nnn1-c1ccc(C(F)(F)F)cc1. The summed E-state index contributed by atoms with van der Waals surface area (Å²) in [6, 6.07) is 4.73. The lowest BCUT2D eigenvalue weighted by Crippen LogP contribution is -2.06. The van der Waals surface area contributed by atoms with Crippen LogP contribution in [-0.2, 0) is 12.7 Å². The van der Waals surface area contributed by atoms with Gasteiger partial charge in [0.15, 0.2) is 0 Å². The Morgan fingerprint density at radius 3 is 2.28 bits per heavy atom. The standard InChI is InChI=1S/C11H11F3N4/c1-7-10(6-15)16-17-18(7)9-4-2-8(3-5-9)11(12,13)14/h2-5H,6,15H2,1H3. The summed E-state index contributed by atoms with van der Waals surface area (Å²) in [5.74, 6) is 0. The predicted octanol–water partition coefficient (Wildman–Crippen LogP) is 2.05. The Balaban J connectivity index is 2.37. The fourth-order valence-corrected chi connectivity index (χ4v) is 1.59. The molecule has 2 aromatic rings. The lowest BCUT2D eigenvalue weighted by molar-refractivity contribution is -0.137. The Hall–Kier alpha value is -1.89. The van der Waals surface area contributed by atoms with Gasteiger partial charge in [-0.3, -0.25) is 0 Å². The summed E-state index contributed by atoms with van der Waals surface area (Å²) in [7, 11) is 0. The van der Waals surface area contributed by atoms with Crippen LogP contribution in [0.4, 0.5) is 13.2 Å². The second-order valence-corrected chi connectivity index (χ2v) is 3.78. The van der Waals surface area contributed by atoms with Gasteiger partial charge in [0.2, 0.25) is 0 Å². The van der Waals surface area contributed by atoms with Crippen molar-refractivity contribution >= 4 is 0 Å². The molecule has 0 aliphatic carbocycles. The molecular formula is C11H11F3N4. The zero-order valence-electron chi connectivity index (χ0n) is 9.57. The lowest BCUT2D eigenvalue weighted by Gasteiger charge is -2.08. The Morgan fingerprint density at radius 2 is 1.83 bits per heavy atom. The number of nitrogens with two attached hydrogens (primary N) is 1. The smallest absolute Gasteiger partial charge is 0.325 e. The van der Waals surface area contributed by atoms with Crippen molar-refractivity contribution in [2.45, 2.75) is 19.6 Å². The van der Waals surface area contributed by atoms with Crippen LogP contribution in [-0.4, -0.2) is 15.0 Å². The molecule has 1 aromatic carbocycles. The number of benzene rings is 1. The Labute approximate surface area is 101 Å².